The van der Waals surface area contributed by atoms with E-state index in [0.717, 1.165) is 6.54 Å². The number of hydrogen-bond donors (Lipinski definition) is 1. The fraction of sp³-hybridized carbons (Fsp3) is 0.778. The molecule has 0 radical (unpaired) electrons. The summed E-state index contributed by atoms with van der Waals surface area (Å²) in [6.45, 7) is 7.58. The molecule has 0 aromatic heterocycles. The minimum Gasteiger partial charge on any atom is -0.311 e. The highest BCUT2D eigenvalue weighted by atomic mass is 14.9. The SMILES string of the molecule is CC=CC(C)NCCCC. The Labute approximate surface area is 64.5 Å². The lowest BCUT2D eigenvalue weighted by Gasteiger charge is -2.07. The average molecular weight is 141 g/mol. The van der Waals surface area contributed by atoms with Gasteiger partial charge in [-0.15, -0.1) is 0 Å². The molecule has 0 aromatic rings. The summed E-state index contributed by atoms with van der Waals surface area (Å²) in [4.78, 5) is 0. The smallest absolute Gasteiger partial charge is 0.0221 e. The summed E-state index contributed by atoms with van der Waals surface area (Å²) >= 11 is 0. The maximum atomic E-state index is 3.40. The fourth-order valence-electron chi connectivity index (χ4n) is 0.863. The number of rotatable bonds is 5. The van der Waals surface area contributed by atoms with Gasteiger partial charge in [-0.05, 0) is 26.8 Å². The number of hydrogen-bond acceptors (Lipinski definition) is 1. The van der Waals surface area contributed by atoms with Gasteiger partial charge in [-0.25, -0.2) is 0 Å². The van der Waals surface area contributed by atoms with Crippen molar-refractivity contribution in [2.24, 2.45) is 0 Å². The van der Waals surface area contributed by atoms with Crippen LogP contribution in [0.15, 0.2) is 12.2 Å². The molecule has 0 rings (SSSR count). The van der Waals surface area contributed by atoms with Crippen LogP contribution in [0.25, 0.3) is 0 Å². The molecule has 1 heteroatoms. The van der Waals surface area contributed by atoms with Gasteiger partial charge < -0.3 is 5.32 Å². The van der Waals surface area contributed by atoms with Crippen LogP contribution in [0.5, 0.6) is 0 Å². The Morgan fingerprint density at radius 2 is 2.20 bits per heavy atom. The summed E-state index contributed by atoms with van der Waals surface area (Å²) in [7, 11) is 0. The Hall–Kier alpha value is -0.300. The minimum absolute atomic E-state index is 0.538. The van der Waals surface area contributed by atoms with Crippen molar-refractivity contribution in [1.29, 1.82) is 0 Å². The topological polar surface area (TPSA) is 12.0 Å². The van der Waals surface area contributed by atoms with E-state index in [2.05, 4.69) is 38.2 Å². The van der Waals surface area contributed by atoms with Crippen molar-refractivity contribution in [3.05, 3.63) is 12.2 Å². The average Bonchev–Trinajstić information content (AvgIpc) is 1.89. The van der Waals surface area contributed by atoms with Crippen LogP contribution < -0.4 is 5.32 Å². The van der Waals surface area contributed by atoms with Crippen LogP contribution in [0.1, 0.15) is 33.6 Å². The molecule has 1 unspecified atom stereocenters. The molecule has 10 heavy (non-hydrogen) atoms. The molecular formula is C9H19N. The van der Waals surface area contributed by atoms with E-state index in [9.17, 15) is 0 Å². The first kappa shape index (κ1) is 9.70. The third-order valence-corrected chi connectivity index (χ3v) is 1.48. The normalized spacial score (nSPS) is 14.3. The zero-order valence-corrected chi connectivity index (χ0v) is 7.35. The summed E-state index contributed by atoms with van der Waals surface area (Å²) in [5.41, 5.74) is 0. The van der Waals surface area contributed by atoms with Crippen molar-refractivity contribution < 1.29 is 0 Å². The van der Waals surface area contributed by atoms with Gasteiger partial charge in [-0.2, -0.15) is 0 Å². The zero-order valence-electron chi connectivity index (χ0n) is 7.35. The molecule has 60 valence electrons. The first-order chi connectivity index (χ1) is 4.81. The zero-order chi connectivity index (χ0) is 7.82. The molecule has 1 atom stereocenters. The number of allylic oxidation sites excluding steroid dienone is 1. The van der Waals surface area contributed by atoms with Gasteiger partial charge in [0.25, 0.3) is 0 Å². The van der Waals surface area contributed by atoms with Crippen LogP contribution in [0.3, 0.4) is 0 Å². The molecule has 0 amide bonds. The number of unbranched alkanes of at least 4 members (excludes halogenated alkanes) is 1. The van der Waals surface area contributed by atoms with Gasteiger partial charge in [0.2, 0.25) is 0 Å². The molecule has 0 heterocycles. The Balaban J connectivity index is 3.13. The van der Waals surface area contributed by atoms with E-state index in [1.807, 2.05) is 0 Å². The van der Waals surface area contributed by atoms with E-state index >= 15 is 0 Å². The highest BCUT2D eigenvalue weighted by Gasteiger charge is 1.91. The first-order valence-corrected chi connectivity index (χ1v) is 4.17. The molecular weight excluding hydrogens is 122 g/mol. The van der Waals surface area contributed by atoms with E-state index < -0.39 is 0 Å². The van der Waals surface area contributed by atoms with E-state index in [1.165, 1.54) is 12.8 Å². The quantitative estimate of drug-likeness (QED) is 0.458. The van der Waals surface area contributed by atoms with Crippen molar-refractivity contribution >= 4 is 0 Å². The first-order valence-electron chi connectivity index (χ1n) is 4.17. The Bertz CT molecular complexity index is 86.7. The Kier molecular flexibility index (Phi) is 6.61. The monoisotopic (exact) mass is 141 g/mol. The van der Waals surface area contributed by atoms with Crippen molar-refractivity contribution in [3.63, 3.8) is 0 Å². The van der Waals surface area contributed by atoms with Gasteiger partial charge in [0.05, 0.1) is 0 Å². The maximum Gasteiger partial charge on any atom is 0.0221 e. The maximum absolute atomic E-state index is 3.40. The second-order valence-electron chi connectivity index (χ2n) is 2.62. The van der Waals surface area contributed by atoms with Crippen LogP contribution in [0.2, 0.25) is 0 Å². The van der Waals surface area contributed by atoms with E-state index in [4.69, 9.17) is 0 Å². The standard InChI is InChI=1S/C9H19N/c1-4-6-8-10-9(3)7-5-2/h5,7,9-10H,4,6,8H2,1-3H3. The lowest BCUT2D eigenvalue weighted by atomic mass is 10.3. The lowest BCUT2D eigenvalue weighted by molar-refractivity contribution is 0.600. The van der Waals surface area contributed by atoms with Crippen LogP contribution in [-0.4, -0.2) is 12.6 Å². The van der Waals surface area contributed by atoms with Crippen molar-refractivity contribution in [1.82, 2.24) is 5.32 Å². The summed E-state index contributed by atoms with van der Waals surface area (Å²) < 4.78 is 0. The van der Waals surface area contributed by atoms with Gasteiger partial charge in [0.1, 0.15) is 0 Å². The Morgan fingerprint density at radius 3 is 2.70 bits per heavy atom. The van der Waals surface area contributed by atoms with Crippen LogP contribution in [0.4, 0.5) is 0 Å². The highest BCUT2D eigenvalue weighted by molar-refractivity contribution is 4.87. The van der Waals surface area contributed by atoms with Crippen molar-refractivity contribution in [2.75, 3.05) is 6.54 Å². The highest BCUT2D eigenvalue weighted by Crippen LogP contribution is 1.87. The largest absolute Gasteiger partial charge is 0.311 e. The summed E-state index contributed by atoms with van der Waals surface area (Å²) in [5.74, 6) is 0. The van der Waals surface area contributed by atoms with Crippen LogP contribution in [-0.2, 0) is 0 Å². The molecule has 0 bridgehead atoms. The molecule has 0 aliphatic carbocycles. The molecule has 0 saturated heterocycles. The third kappa shape index (κ3) is 5.83. The molecule has 1 N–H and O–H groups in total. The van der Waals surface area contributed by atoms with Crippen molar-refractivity contribution in [3.8, 4) is 0 Å². The van der Waals surface area contributed by atoms with Gasteiger partial charge in [-0.3, -0.25) is 0 Å². The van der Waals surface area contributed by atoms with Gasteiger partial charge in [0.15, 0.2) is 0 Å². The molecule has 0 fully saturated rings. The predicted octanol–water partition coefficient (Wildman–Crippen LogP) is 2.34. The third-order valence-electron chi connectivity index (χ3n) is 1.48. The molecule has 0 aliphatic rings. The second-order valence-corrected chi connectivity index (χ2v) is 2.62. The molecule has 0 aliphatic heterocycles. The minimum atomic E-state index is 0.538. The van der Waals surface area contributed by atoms with E-state index in [1.54, 1.807) is 0 Å². The molecule has 1 nitrogen and oxygen atoms in total. The molecule has 0 aromatic carbocycles. The molecule has 0 spiro atoms. The van der Waals surface area contributed by atoms with Gasteiger partial charge >= 0.3 is 0 Å². The second kappa shape index (κ2) is 6.81. The van der Waals surface area contributed by atoms with Crippen LogP contribution >= 0.6 is 0 Å². The lowest BCUT2D eigenvalue weighted by Crippen LogP contribution is -2.24. The predicted molar refractivity (Wildman–Crippen MR) is 47.2 cm³/mol. The number of nitrogens with one attached hydrogen (secondary N) is 1. The van der Waals surface area contributed by atoms with E-state index in [-0.39, 0.29) is 0 Å². The summed E-state index contributed by atoms with van der Waals surface area (Å²) in [5, 5.41) is 3.40. The molecule has 0 saturated carbocycles. The van der Waals surface area contributed by atoms with Gasteiger partial charge in [0, 0.05) is 6.04 Å². The van der Waals surface area contributed by atoms with E-state index in [0.29, 0.717) is 6.04 Å². The van der Waals surface area contributed by atoms with Gasteiger partial charge in [-0.1, -0.05) is 25.5 Å². The Morgan fingerprint density at radius 1 is 1.50 bits per heavy atom. The summed E-state index contributed by atoms with van der Waals surface area (Å²) in [6.07, 6.45) is 6.82. The van der Waals surface area contributed by atoms with Crippen molar-refractivity contribution in [2.45, 2.75) is 39.7 Å². The van der Waals surface area contributed by atoms with Crippen LogP contribution in [0, 0.1) is 0 Å². The fourth-order valence-corrected chi connectivity index (χ4v) is 0.863. The summed E-state index contributed by atoms with van der Waals surface area (Å²) in [6, 6.07) is 0.538.